The fourth-order valence-electron chi connectivity index (χ4n) is 3.10. The van der Waals surface area contributed by atoms with E-state index in [1.165, 1.54) is 6.42 Å². The average Bonchev–Trinajstić information content (AvgIpc) is 2.39. The first-order valence-corrected chi connectivity index (χ1v) is 7.23. The first-order chi connectivity index (χ1) is 9.58. The van der Waals surface area contributed by atoms with Crippen LogP contribution in [0.2, 0.25) is 0 Å². The number of carboxylic acids is 1. The van der Waals surface area contributed by atoms with Gasteiger partial charge in [0.25, 0.3) is 0 Å². The minimum atomic E-state index is -0.904. The Bertz CT molecular complexity index is 519. The number of aryl methyl sites for hydroxylation is 1. The molecule has 1 atom stereocenters. The molecule has 1 heterocycles. The quantitative estimate of drug-likeness (QED) is 0.921. The van der Waals surface area contributed by atoms with Gasteiger partial charge in [0.1, 0.15) is 11.9 Å². The molecule has 2 aliphatic rings. The van der Waals surface area contributed by atoms with Crippen LogP contribution in [0.15, 0.2) is 18.2 Å². The summed E-state index contributed by atoms with van der Waals surface area (Å²) in [4.78, 5) is 10.9. The van der Waals surface area contributed by atoms with Crippen molar-refractivity contribution in [3.8, 4) is 5.75 Å². The Morgan fingerprint density at radius 1 is 1.45 bits per heavy atom. The van der Waals surface area contributed by atoms with Gasteiger partial charge in [-0.1, -0.05) is 0 Å². The van der Waals surface area contributed by atoms with Gasteiger partial charge in [-0.25, -0.2) is 4.79 Å². The number of benzene rings is 1. The van der Waals surface area contributed by atoms with Crippen LogP contribution in [-0.2, 0) is 4.74 Å². The Morgan fingerprint density at radius 3 is 2.85 bits per heavy atom. The molecule has 1 saturated heterocycles. The summed E-state index contributed by atoms with van der Waals surface area (Å²) in [5.41, 5.74) is 1.24. The van der Waals surface area contributed by atoms with Gasteiger partial charge in [0.2, 0.25) is 0 Å². The van der Waals surface area contributed by atoms with Crippen molar-refractivity contribution in [3.05, 3.63) is 29.3 Å². The number of ether oxygens (including phenoxy) is 2. The Balaban J connectivity index is 1.69. The van der Waals surface area contributed by atoms with Crippen LogP contribution in [-0.4, -0.2) is 29.4 Å². The van der Waals surface area contributed by atoms with E-state index < -0.39 is 5.97 Å². The highest BCUT2D eigenvalue weighted by Gasteiger charge is 2.43. The molecular formula is C16H20O4. The fraction of sp³-hybridized carbons (Fsp3) is 0.562. The van der Waals surface area contributed by atoms with E-state index in [0.29, 0.717) is 5.56 Å². The smallest absolute Gasteiger partial charge is 0.335 e. The molecule has 4 heteroatoms. The fourth-order valence-corrected chi connectivity index (χ4v) is 3.10. The molecule has 1 unspecified atom stereocenters. The van der Waals surface area contributed by atoms with Crippen LogP contribution < -0.4 is 4.74 Å². The normalized spacial score (nSPS) is 24.1. The van der Waals surface area contributed by atoms with E-state index in [4.69, 9.17) is 14.6 Å². The lowest BCUT2D eigenvalue weighted by molar-refractivity contribution is -0.153. The van der Waals surface area contributed by atoms with Crippen LogP contribution in [0.5, 0.6) is 5.75 Å². The molecule has 2 fully saturated rings. The highest BCUT2D eigenvalue weighted by atomic mass is 16.5. The van der Waals surface area contributed by atoms with Crippen LogP contribution in [0.3, 0.4) is 0 Å². The summed E-state index contributed by atoms with van der Waals surface area (Å²) in [6.45, 7) is 2.65. The summed E-state index contributed by atoms with van der Waals surface area (Å²) in [6, 6.07) is 5.03. The molecule has 1 N–H and O–H groups in total. The molecular weight excluding hydrogens is 256 g/mol. The molecule has 0 radical (unpaired) electrons. The Hall–Kier alpha value is -1.55. The van der Waals surface area contributed by atoms with Crippen molar-refractivity contribution in [2.24, 2.45) is 0 Å². The van der Waals surface area contributed by atoms with Crippen LogP contribution in [0.4, 0.5) is 0 Å². The van der Waals surface area contributed by atoms with Crippen molar-refractivity contribution in [2.75, 3.05) is 6.61 Å². The topological polar surface area (TPSA) is 55.8 Å². The summed E-state index contributed by atoms with van der Waals surface area (Å²) < 4.78 is 12.0. The Kier molecular flexibility index (Phi) is 3.42. The third-order valence-electron chi connectivity index (χ3n) is 4.43. The maximum atomic E-state index is 10.9. The van der Waals surface area contributed by atoms with Gasteiger partial charge in [-0.05, 0) is 49.9 Å². The highest BCUT2D eigenvalue weighted by molar-refractivity contribution is 5.88. The van der Waals surface area contributed by atoms with E-state index in [1.807, 2.05) is 6.92 Å². The number of rotatable bonds is 3. The largest absolute Gasteiger partial charge is 0.490 e. The van der Waals surface area contributed by atoms with Gasteiger partial charge in [0.05, 0.1) is 17.8 Å². The Morgan fingerprint density at radius 2 is 2.25 bits per heavy atom. The van der Waals surface area contributed by atoms with Gasteiger partial charge in [-0.2, -0.15) is 0 Å². The lowest BCUT2D eigenvalue weighted by Crippen LogP contribution is -2.48. The van der Waals surface area contributed by atoms with Crippen LogP contribution in [0, 0.1) is 6.92 Å². The summed E-state index contributed by atoms with van der Waals surface area (Å²) in [6.07, 6.45) is 5.57. The predicted molar refractivity (Wildman–Crippen MR) is 74.3 cm³/mol. The van der Waals surface area contributed by atoms with E-state index in [1.54, 1.807) is 18.2 Å². The first kappa shape index (κ1) is 13.4. The first-order valence-electron chi connectivity index (χ1n) is 7.23. The summed E-state index contributed by atoms with van der Waals surface area (Å²) in [5.74, 6) is -0.115. The third-order valence-corrected chi connectivity index (χ3v) is 4.43. The van der Waals surface area contributed by atoms with Gasteiger partial charge in [-0.15, -0.1) is 0 Å². The van der Waals surface area contributed by atoms with Crippen molar-refractivity contribution >= 4 is 5.97 Å². The zero-order chi connectivity index (χ0) is 14.2. The van der Waals surface area contributed by atoms with Crippen LogP contribution >= 0.6 is 0 Å². The molecule has 4 nitrogen and oxygen atoms in total. The molecule has 0 amide bonds. The second-order valence-electron chi connectivity index (χ2n) is 5.90. The lowest BCUT2D eigenvalue weighted by Gasteiger charge is -2.47. The zero-order valence-electron chi connectivity index (χ0n) is 11.7. The average molecular weight is 276 g/mol. The molecule has 0 bridgehead atoms. The number of carbonyl (C=O) groups is 1. The highest BCUT2D eigenvalue weighted by Crippen LogP contribution is 2.43. The summed E-state index contributed by atoms with van der Waals surface area (Å²) in [7, 11) is 0. The number of carboxylic acid groups (broad SMARTS) is 1. The summed E-state index contributed by atoms with van der Waals surface area (Å²) >= 11 is 0. The van der Waals surface area contributed by atoms with E-state index in [-0.39, 0.29) is 11.7 Å². The number of aromatic carboxylic acids is 1. The van der Waals surface area contributed by atoms with Crippen molar-refractivity contribution in [1.29, 1.82) is 0 Å². The van der Waals surface area contributed by atoms with Crippen molar-refractivity contribution < 1.29 is 19.4 Å². The second-order valence-corrected chi connectivity index (χ2v) is 5.90. The third kappa shape index (κ3) is 2.52. The number of hydrogen-bond donors (Lipinski definition) is 1. The van der Waals surface area contributed by atoms with E-state index in [0.717, 1.165) is 43.6 Å². The predicted octanol–water partition coefficient (Wildman–Crippen LogP) is 3.17. The maximum Gasteiger partial charge on any atom is 0.335 e. The van der Waals surface area contributed by atoms with E-state index >= 15 is 0 Å². The second kappa shape index (κ2) is 5.09. The van der Waals surface area contributed by atoms with Gasteiger partial charge in [0.15, 0.2) is 0 Å². The minimum Gasteiger partial charge on any atom is -0.490 e. The molecule has 20 heavy (non-hydrogen) atoms. The summed E-state index contributed by atoms with van der Waals surface area (Å²) in [5, 5.41) is 8.97. The molecule has 1 aromatic carbocycles. The van der Waals surface area contributed by atoms with E-state index in [2.05, 4.69) is 0 Å². The lowest BCUT2D eigenvalue weighted by atomic mass is 9.74. The molecule has 1 aromatic rings. The van der Waals surface area contributed by atoms with Crippen molar-refractivity contribution in [3.63, 3.8) is 0 Å². The molecule has 108 valence electrons. The van der Waals surface area contributed by atoms with Gasteiger partial charge in [-0.3, -0.25) is 0 Å². The van der Waals surface area contributed by atoms with Gasteiger partial charge in [0, 0.05) is 12.8 Å². The SMILES string of the molecule is Cc1cc(C(=O)O)ccc1OC1CCOC2(CCC2)C1. The molecule has 0 aromatic heterocycles. The monoisotopic (exact) mass is 276 g/mol. The molecule has 3 rings (SSSR count). The van der Waals surface area contributed by atoms with Crippen molar-refractivity contribution in [1.82, 2.24) is 0 Å². The standard InChI is InChI=1S/C16H20O4/c1-11-9-12(15(17)18)3-4-14(11)20-13-5-8-19-16(10-13)6-2-7-16/h3-4,9,13H,2,5-8,10H2,1H3,(H,17,18). The maximum absolute atomic E-state index is 10.9. The molecule has 1 saturated carbocycles. The minimum absolute atomic E-state index is 0.0673. The van der Waals surface area contributed by atoms with Crippen LogP contribution in [0.1, 0.15) is 48.0 Å². The Labute approximate surface area is 118 Å². The number of hydrogen-bond acceptors (Lipinski definition) is 3. The van der Waals surface area contributed by atoms with Gasteiger partial charge < -0.3 is 14.6 Å². The van der Waals surface area contributed by atoms with Gasteiger partial charge >= 0.3 is 5.97 Å². The van der Waals surface area contributed by atoms with Crippen molar-refractivity contribution in [2.45, 2.75) is 50.7 Å². The molecule has 1 spiro atoms. The molecule has 1 aliphatic heterocycles. The van der Waals surface area contributed by atoms with E-state index in [9.17, 15) is 4.79 Å². The zero-order valence-corrected chi connectivity index (χ0v) is 11.7. The molecule has 1 aliphatic carbocycles. The van der Waals surface area contributed by atoms with Crippen LogP contribution in [0.25, 0.3) is 0 Å².